The van der Waals surface area contributed by atoms with Gasteiger partial charge in [-0.2, -0.15) is 0 Å². The first-order chi connectivity index (χ1) is 7.63. The minimum absolute atomic E-state index is 0.0447. The van der Waals surface area contributed by atoms with Crippen molar-refractivity contribution in [2.45, 2.75) is 0 Å². The smallest absolute Gasteiger partial charge is 0.251 e. The van der Waals surface area contributed by atoms with Crippen molar-refractivity contribution >= 4 is 17.5 Å². The van der Waals surface area contributed by atoms with Crippen LogP contribution in [-0.4, -0.2) is 18.3 Å². The lowest BCUT2D eigenvalue weighted by molar-refractivity contribution is 0.0957. The summed E-state index contributed by atoms with van der Waals surface area (Å²) < 4.78 is 25.6. The van der Waals surface area contributed by atoms with E-state index in [4.69, 9.17) is 11.6 Å². The summed E-state index contributed by atoms with van der Waals surface area (Å²) in [5.74, 6) is -1.73. The molecule has 0 heterocycles. The molecule has 0 aromatic heterocycles. The van der Waals surface area contributed by atoms with Crippen molar-refractivity contribution < 1.29 is 13.6 Å². The Morgan fingerprint density at radius 2 is 1.88 bits per heavy atom. The van der Waals surface area contributed by atoms with Crippen LogP contribution in [0.25, 0.3) is 0 Å². The number of nitrogens with one attached hydrogen (secondary N) is 1. The van der Waals surface area contributed by atoms with Gasteiger partial charge in [0.1, 0.15) is 11.6 Å². The molecule has 16 heavy (non-hydrogen) atoms. The van der Waals surface area contributed by atoms with E-state index in [9.17, 15) is 13.6 Å². The standard InChI is InChI=1S/C11H10ClF2NO/c12-3-1-2-4-15-11(16)8-5-9(13)7-10(14)6-8/h1-2,5-7H,3-4H2,(H,15,16)/b2-1+. The van der Waals surface area contributed by atoms with Gasteiger partial charge in [0, 0.05) is 24.1 Å². The van der Waals surface area contributed by atoms with E-state index in [2.05, 4.69) is 5.32 Å². The van der Waals surface area contributed by atoms with Gasteiger partial charge in [-0.3, -0.25) is 4.79 Å². The average molecular weight is 246 g/mol. The number of hydrogen-bond donors (Lipinski definition) is 1. The van der Waals surface area contributed by atoms with E-state index in [1.807, 2.05) is 0 Å². The van der Waals surface area contributed by atoms with E-state index in [1.165, 1.54) is 0 Å². The summed E-state index contributed by atoms with van der Waals surface area (Å²) in [6.07, 6.45) is 3.31. The molecule has 1 amide bonds. The molecule has 0 aliphatic carbocycles. The number of halogens is 3. The van der Waals surface area contributed by atoms with E-state index in [0.29, 0.717) is 11.9 Å². The van der Waals surface area contributed by atoms with Crippen LogP contribution in [0.3, 0.4) is 0 Å². The molecule has 0 saturated carbocycles. The number of carbonyl (C=O) groups excluding carboxylic acids is 1. The zero-order valence-electron chi connectivity index (χ0n) is 8.34. The summed E-state index contributed by atoms with van der Waals surface area (Å²) in [6.45, 7) is 0.268. The van der Waals surface area contributed by atoms with Gasteiger partial charge in [-0.05, 0) is 12.1 Å². The van der Waals surface area contributed by atoms with Crippen molar-refractivity contribution in [3.05, 3.63) is 47.5 Å². The summed E-state index contributed by atoms with van der Waals surface area (Å²) in [5.41, 5.74) is -0.0447. The maximum Gasteiger partial charge on any atom is 0.251 e. The van der Waals surface area contributed by atoms with E-state index < -0.39 is 17.5 Å². The number of hydrogen-bond acceptors (Lipinski definition) is 1. The van der Waals surface area contributed by atoms with Crippen LogP contribution in [0.5, 0.6) is 0 Å². The number of benzene rings is 1. The Kier molecular flexibility index (Phi) is 4.92. The Bertz CT molecular complexity index is 387. The molecule has 86 valence electrons. The summed E-state index contributed by atoms with van der Waals surface area (Å²) in [7, 11) is 0. The van der Waals surface area contributed by atoms with Gasteiger partial charge in [0.15, 0.2) is 0 Å². The number of alkyl halides is 1. The fourth-order valence-electron chi connectivity index (χ4n) is 1.08. The Hall–Kier alpha value is -1.42. The number of allylic oxidation sites excluding steroid dienone is 1. The number of carbonyl (C=O) groups is 1. The van der Waals surface area contributed by atoms with Gasteiger partial charge in [0.25, 0.3) is 5.91 Å². The highest BCUT2D eigenvalue weighted by molar-refractivity contribution is 6.18. The fourth-order valence-corrected chi connectivity index (χ4v) is 1.21. The molecule has 0 unspecified atom stereocenters. The molecule has 1 rings (SSSR count). The zero-order valence-corrected chi connectivity index (χ0v) is 9.10. The summed E-state index contributed by atoms with van der Waals surface area (Å²) in [5, 5.41) is 2.47. The SMILES string of the molecule is O=C(NC/C=C/CCl)c1cc(F)cc(F)c1. The Balaban J connectivity index is 2.62. The predicted molar refractivity (Wildman–Crippen MR) is 58.6 cm³/mol. The summed E-state index contributed by atoms with van der Waals surface area (Å²) in [4.78, 5) is 11.4. The third-order valence-corrected chi connectivity index (χ3v) is 1.94. The van der Waals surface area contributed by atoms with E-state index in [-0.39, 0.29) is 12.1 Å². The molecule has 0 atom stereocenters. The van der Waals surface area contributed by atoms with Crippen LogP contribution in [0, 0.1) is 11.6 Å². The predicted octanol–water partition coefficient (Wildman–Crippen LogP) is 2.49. The van der Waals surface area contributed by atoms with Gasteiger partial charge in [-0.15, -0.1) is 11.6 Å². The van der Waals surface area contributed by atoms with Crippen LogP contribution in [0.2, 0.25) is 0 Å². The largest absolute Gasteiger partial charge is 0.349 e. The second-order valence-electron chi connectivity index (χ2n) is 2.99. The quantitative estimate of drug-likeness (QED) is 0.641. The normalized spacial score (nSPS) is 10.7. The zero-order chi connectivity index (χ0) is 12.0. The maximum absolute atomic E-state index is 12.8. The molecule has 5 heteroatoms. The fraction of sp³-hybridized carbons (Fsp3) is 0.182. The maximum atomic E-state index is 12.8. The van der Waals surface area contributed by atoms with Gasteiger partial charge in [0.05, 0.1) is 0 Å². The minimum Gasteiger partial charge on any atom is -0.349 e. The Labute approximate surface area is 96.9 Å². The van der Waals surface area contributed by atoms with Crippen molar-refractivity contribution in [1.29, 1.82) is 0 Å². The lowest BCUT2D eigenvalue weighted by atomic mass is 10.2. The molecule has 0 radical (unpaired) electrons. The summed E-state index contributed by atoms with van der Waals surface area (Å²) in [6, 6.07) is 2.66. The van der Waals surface area contributed by atoms with Crippen LogP contribution >= 0.6 is 11.6 Å². The van der Waals surface area contributed by atoms with Crippen LogP contribution in [-0.2, 0) is 0 Å². The van der Waals surface area contributed by atoms with Crippen LogP contribution in [0.1, 0.15) is 10.4 Å². The van der Waals surface area contributed by atoms with Crippen molar-refractivity contribution in [2.24, 2.45) is 0 Å². The highest BCUT2D eigenvalue weighted by Crippen LogP contribution is 2.07. The van der Waals surface area contributed by atoms with Crippen molar-refractivity contribution in [1.82, 2.24) is 5.32 Å². The van der Waals surface area contributed by atoms with Crippen molar-refractivity contribution in [2.75, 3.05) is 12.4 Å². The van der Waals surface area contributed by atoms with Crippen LogP contribution < -0.4 is 5.32 Å². The van der Waals surface area contributed by atoms with E-state index in [0.717, 1.165) is 12.1 Å². The molecule has 2 nitrogen and oxygen atoms in total. The monoisotopic (exact) mass is 245 g/mol. The first kappa shape index (κ1) is 12.6. The first-order valence-corrected chi connectivity index (χ1v) is 5.12. The highest BCUT2D eigenvalue weighted by Gasteiger charge is 2.07. The Morgan fingerprint density at radius 1 is 1.25 bits per heavy atom. The molecule has 0 saturated heterocycles. The molecule has 1 N–H and O–H groups in total. The van der Waals surface area contributed by atoms with Crippen molar-refractivity contribution in [3.8, 4) is 0 Å². The molecular formula is C11H10ClF2NO. The molecule has 0 bridgehead atoms. The second kappa shape index (κ2) is 6.23. The first-order valence-electron chi connectivity index (χ1n) is 4.58. The molecule has 0 aliphatic heterocycles. The van der Waals surface area contributed by atoms with E-state index >= 15 is 0 Å². The number of amides is 1. The lowest BCUT2D eigenvalue weighted by Crippen LogP contribution is -2.23. The third kappa shape index (κ3) is 3.98. The summed E-state index contributed by atoms with van der Waals surface area (Å²) >= 11 is 5.38. The van der Waals surface area contributed by atoms with Gasteiger partial charge in [0.2, 0.25) is 0 Å². The molecular weight excluding hydrogens is 236 g/mol. The van der Waals surface area contributed by atoms with Gasteiger partial charge in [-0.1, -0.05) is 12.2 Å². The molecule has 0 aliphatic rings. The topological polar surface area (TPSA) is 29.1 Å². The molecule has 0 fully saturated rings. The Morgan fingerprint density at radius 3 is 2.44 bits per heavy atom. The second-order valence-corrected chi connectivity index (χ2v) is 3.30. The van der Waals surface area contributed by atoms with Gasteiger partial charge >= 0.3 is 0 Å². The van der Waals surface area contributed by atoms with E-state index in [1.54, 1.807) is 12.2 Å². The average Bonchev–Trinajstić information content (AvgIpc) is 2.22. The molecule has 0 spiro atoms. The van der Waals surface area contributed by atoms with Crippen LogP contribution in [0.4, 0.5) is 8.78 Å². The van der Waals surface area contributed by atoms with Gasteiger partial charge in [-0.25, -0.2) is 8.78 Å². The van der Waals surface area contributed by atoms with Gasteiger partial charge < -0.3 is 5.32 Å². The molecule has 1 aromatic rings. The van der Waals surface area contributed by atoms with Crippen LogP contribution in [0.15, 0.2) is 30.4 Å². The van der Waals surface area contributed by atoms with Crippen molar-refractivity contribution in [3.63, 3.8) is 0 Å². The minimum atomic E-state index is -0.776. The highest BCUT2D eigenvalue weighted by atomic mass is 35.5. The molecule has 1 aromatic carbocycles. The third-order valence-electron chi connectivity index (χ3n) is 1.76. The number of rotatable bonds is 4. The lowest BCUT2D eigenvalue weighted by Gasteiger charge is -2.02.